The number of amides is 7. The molecule has 1 rings (SSSR count). The number of guanidine groups is 1. The molecule has 0 bridgehead atoms. The minimum atomic E-state index is -1.45. The summed E-state index contributed by atoms with van der Waals surface area (Å²) in [6.07, 6.45) is 6.38. The van der Waals surface area contributed by atoms with Gasteiger partial charge in [-0.1, -0.05) is 27.7 Å². The van der Waals surface area contributed by atoms with Gasteiger partial charge < -0.3 is 59.5 Å². The van der Waals surface area contributed by atoms with Gasteiger partial charge in [-0.2, -0.15) is 23.5 Å². The number of hydrogen-bond acceptors (Lipinski definition) is 12. The van der Waals surface area contributed by atoms with E-state index in [1.807, 2.05) is 40.2 Å². The summed E-state index contributed by atoms with van der Waals surface area (Å²) < 4.78 is 0. The molecule has 1 saturated heterocycles. The van der Waals surface area contributed by atoms with Crippen LogP contribution in [0.25, 0.3) is 0 Å². The highest BCUT2D eigenvalue weighted by molar-refractivity contribution is 7.98. The van der Waals surface area contributed by atoms with Crippen molar-refractivity contribution in [3.63, 3.8) is 0 Å². The van der Waals surface area contributed by atoms with Crippen molar-refractivity contribution < 1.29 is 38.7 Å². The van der Waals surface area contributed by atoms with Gasteiger partial charge in [0.1, 0.15) is 36.3 Å². The van der Waals surface area contributed by atoms with Crippen molar-refractivity contribution in [2.24, 2.45) is 34.0 Å². The Morgan fingerprint density at radius 1 is 0.667 bits per heavy atom. The Kier molecular flexibility index (Phi) is 24.9. The maximum absolute atomic E-state index is 13.8. The quantitative estimate of drug-likeness (QED) is 0.0226. The average Bonchev–Trinajstić information content (AvgIpc) is 3.69. The molecule has 326 valence electrons. The standard InChI is InChI=1S/C36H67N11O8S2/c1-20(2)17-26(29(37)49)45-31(51)23(10-8-14-41-36(38)39)42-34(54)27(18-21(3)4)46-32(52)24(11-15-56-5)44-35(55)28(19-48)47-33(53)25(12-16-57-6)43-30(50)22-9-7-13-40-22/h20-28,40,48H,7-19H2,1-6H3,(H2,37,49)(H,42,54)(H,43,50)(H,44,55)(H,45,51)(H,46,52)(H,47,53)(H4,38,39,41)/t22-,23-,24-,25-,26-,27-,28-/m0/s1. The third kappa shape index (κ3) is 20.4. The predicted molar refractivity (Wildman–Crippen MR) is 224 cm³/mol. The van der Waals surface area contributed by atoms with Gasteiger partial charge in [0.25, 0.3) is 0 Å². The second-order valence-electron chi connectivity index (χ2n) is 14.9. The van der Waals surface area contributed by atoms with Gasteiger partial charge in [-0.15, -0.1) is 0 Å². The minimum Gasteiger partial charge on any atom is -0.394 e. The first kappa shape index (κ1) is 51.2. The second-order valence-corrected chi connectivity index (χ2v) is 16.8. The van der Waals surface area contributed by atoms with Gasteiger partial charge >= 0.3 is 0 Å². The summed E-state index contributed by atoms with van der Waals surface area (Å²) >= 11 is 2.90. The fraction of sp³-hybridized carbons (Fsp3) is 0.778. The maximum atomic E-state index is 13.8. The normalized spacial score (nSPS) is 17.0. The van der Waals surface area contributed by atoms with Crippen molar-refractivity contribution in [2.75, 3.05) is 43.7 Å². The molecule has 0 radical (unpaired) electrons. The van der Waals surface area contributed by atoms with E-state index >= 15 is 0 Å². The van der Waals surface area contributed by atoms with E-state index in [1.54, 1.807) is 0 Å². The zero-order valence-electron chi connectivity index (χ0n) is 34.2. The molecule has 0 saturated carbocycles. The lowest BCUT2D eigenvalue weighted by Crippen LogP contribution is -2.60. The van der Waals surface area contributed by atoms with E-state index in [0.717, 1.165) is 6.42 Å². The molecule has 0 aromatic rings. The first-order valence-electron chi connectivity index (χ1n) is 19.4. The van der Waals surface area contributed by atoms with E-state index in [4.69, 9.17) is 17.2 Å². The number of nitrogens with zero attached hydrogens (tertiary/aromatic N) is 1. The molecule has 0 aliphatic carbocycles. The lowest BCUT2D eigenvalue weighted by Gasteiger charge is -2.28. The van der Waals surface area contributed by atoms with E-state index in [0.29, 0.717) is 24.5 Å². The first-order valence-corrected chi connectivity index (χ1v) is 22.2. The van der Waals surface area contributed by atoms with E-state index in [9.17, 15) is 38.7 Å². The summed E-state index contributed by atoms with van der Waals surface area (Å²) in [7, 11) is 0. The summed E-state index contributed by atoms with van der Waals surface area (Å²) in [5.41, 5.74) is 16.4. The first-order chi connectivity index (χ1) is 26.9. The molecular formula is C36H67N11O8S2. The van der Waals surface area contributed by atoms with E-state index in [1.165, 1.54) is 23.5 Å². The van der Waals surface area contributed by atoms with Crippen LogP contribution in [0, 0.1) is 11.8 Å². The number of carbonyl (C=O) groups is 7. The molecular weight excluding hydrogens is 779 g/mol. The van der Waals surface area contributed by atoms with E-state index < -0.39 is 84.3 Å². The molecule has 14 N–H and O–H groups in total. The number of aliphatic hydroxyl groups is 1. The number of aliphatic hydroxyl groups excluding tert-OH is 1. The van der Waals surface area contributed by atoms with Crippen LogP contribution in [0.2, 0.25) is 0 Å². The summed E-state index contributed by atoms with van der Waals surface area (Å²) in [5, 5.41) is 29.2. The van der Waals surface area contributed by atoms with Gasteiger partial charge in [0.05, 0.1) is 12.6 Å². The van der Waals surface area contributed by atoms with Crippen LogP contribution in [-0.2, 0) is 33.6 Å². The SMILES string of the molecule is CSCC[C@H](NC(=O)[C@@H]1CCCN1)C(=O)N[C@@H](CO)C(=O)N[C@@H](CCSC)C(=O)N[C@@H](CC(C)C)C(=O)N[C@@H](CCCN=C(N)N)C(=O)N[C@@H](CC(C)C)C(N)=O. The molecule has 1 heterocycles. The molecule has 1 fully saturated rings. The molecule has 0 aromatic heterocycles. The summed E-state index contributed by atoms with van der Waals surface area (Å²) in [6, 6.07) is -7.29. The molecule has 0 spiro atoms. The van der Waals surface area contributed by atoms with Gasteiger partial charge in [0.2, 0.25) is 41.4 Å². The molecule has 0 unspecified atom stereocenters. The maximum Gasteiger partial charge on any atom is 0.245 e. The Morgan fingerprint density at radius 2 is 1.11 bits per heavy atom. The predicted octanol–water partition coefficient (Wildman–Crippen LogP) is -2.22. The van der Waals surface area contributed by atoms with Crippen molar-refractivity contribution in [1.29, 1.82) is 0 Å². The highest BCUT2D eigenvalue weighted by atomic mass is 32.2. The fourth-order valence-electron chi connectivity index (χ4n) is 5.94. The smallest absolute Gasteiger partial charge is 0.245 e. The zero-order valence-corrected chi connectivity index (χ0v) is 35.8. The largest absolute Gasteiger partial charge is 0.394 e. The monoisotopic (exact) mass is 845 g/mol. The number of primary amides is 1. The molecule has 0 aromatic carbocycles. The van der Waals surface area contributed by atoms with Crippen molar-refractivity contribution >= 4 is 70.8 Å². The van der Waals surface area contributed by atoms with Crippen molar-refractivity contribution in [2.45, 2.75) is 121 Å². The number of carbonyl (C=O) groups excluding carboxylic acids is 7. The molecule has 21 heteroatoms. The highest BCUT2D eigenvalue weighted by Crippen LogP contribution is 2.12. The summed E-state index contributed by atoms with van der Waals surface area (Å²) in [6.45, 7) is 7.48. The van der Waals surface area contributed by atoms with Crippen LogP contribution in [0.1, 0.15) is 79.1 Å². The van der Waals surface area contributed by atoms with Crippen LogP contribution in [0.3, 0.4) is 0 Å². The van der Waals surface area contributed by atoms with Gasteiger partial charge in [0.15, 0.2) is 5.96 Å². The Balaban J connectivity index is 3.21. The van der Waals surface area contributed by atoms with Crippen molar-refractivity contribution in [1.82, 2.24) is 37.2 Å². The second kappa shape index (κ2) is 27.8. The van der Waals surface area contributed by atoms with E-state index in [2.05, 4.69) is 42.2 Å². The van der Waals surface area contributed by atoms with Crippen molar-refractivity contribution in [3.05, 3.63) is 0 Å². The van der Waals surface area contributed by atoms with Crippen LogP contribution in [0.15, 0.2) is 4.99 Å². The molecule has 7 amide bonds. The third-order valence-electron chi connectivity index (χ3n) is 8.97. The molecule has 7 atom stereocenters. The number of aliphatic imine (C=N–C) groups is 1. The zero-order chi connectivity index (χ0) is 43.1. The fourth-order valence-corrected chi connectivity index (χ4v) is 6.88. The van der Waals surface area contributed by atoms with Gasteiger partial charge in [-0.25, -0.2) is 0 Å². The highest BCUT2D eigenvalue weighted by Gasteiger charge is 2.34. The van der Waals surface area contributed by atoms with Crippen molar-refractivity contribution in [3.8, 4) is 0 Å². The van der Waals surface area contributed by atoms with Crippen LogP contribution in [0.5, 0.6) is 0 Å². The Bertz CT molecular complexity index is 1350. The molecule has 1 aliphatic heterocycles. The lowest BCUT2D eigenvalue weighted by atomic mass is 10.0. The van der Waals surface area contributed by atoms with Gasteiger partial charge in [0, 0.05) is 6.54 Å². The molecule has 57 heavy (non-hydrogen) atoms. The van der Waals surface area contributed by atoms with Crippen LogP contribution < -0.4 is 54.4 Å². The number of nitrogens with one attached hydrogen (secondary N) is 7. The topological polar surface area (TPSA) is 314 Å². The van der Waals surface area contributed by atoms with Crippen LogP contribution in [0.4, 0.5) is 0 Å². The lowest BCUT2D eigenvalue weighted by molar-refractivity contribution is -0.136. The van der Waals surface area contributed by atoms with Gasteiger partial charge in [-0.05, 0) is 93.8 Å². The Hall–Kier alpha value is -3.82. The number of nitrogens with two attached hydrogens (primary N) is 3. The Labute approximate surface area is 344 Å². The number of hydrogen-bond donors (Lipinski definition) is 11. The summed E-state index contributed by atoms with van der Waals surface area (Å²) in [5.74, 6) is -3.82. The number of rotatable bonds is 28. The van der Waals surface area contributed by atoms with Gasteiger partial charge in [-0.3, -0.25) is 38.6 Å². The third-order valence-corrected chi connectivity index (χ3v) is 10.3. The molecule has 1 aliphatic rings. The Morgan fingerprint density at radius 3 is 1.56 bits per heavy atom. The van der Waals surface area contributed by atoms with E-state index in [-0.39, 0.29) is 68.8 Å². The molecule has 19 nitrogen and oxygen atoms in total. The number of thioether (sulfide) groups is 2. The summed E-state index contributed by atoms with van der Waals surface area (Å²) in [4.78, 5) is 96.8. The minimum absolute atomic E-state index is 0.0282. The van der Waals surface area contributed by atoms with Crippen LogP contribution in [-0.4, -0.2) is 138 Å². The van der Waals surface area contributed by atoms with Crippen LogP contribution >= 0.6 is 23.5 Å². The average molecular weight is 846 g/mol.